The Morgan fingerprint density at radius 2 is 1.78 bits per heavy atom. The topological polar surface area (TPSA) is 85.4 Å². The summed E-state index contributed by atoms with van der Waals surface area (Å²) in [6, 6.07) is 4.82. The van der Waals surface area contributed by atoms with Crippen LogP contribution in [0.2, 0.25) is 0 Å². The first kappa shape index (κ1) is 20.4. The van der Waals surface area contributed by atoms with Crippen LogP contribution in [0.4, 0.5) is 0 Å². The Morgan fingerprint density at radius 3 is 2.33 bits per heavy atom. The van der Waals surface area contributed by atoms with Crippen molar-refractivity contribution in [2.24, 2.45) is 0 Å². The zero-order valence-corrected chi connectivity index (χ0v) is 16.3. The number of thiocarbonyl (C=S) groups is 1. The van der Waals surface area contributed by atoms with E-state index < -0.39 is 17.8 Å². The van der Waals surface area contributed by atoms with Gasteiger partial charge in [0.25, 0.3) is 11.8 Å². The van der Waals surface area contributed by atoms with Crippen molar-refractivity contribution in [3.63, 3.8) is 0 Å². The van der Waals surface area contributed by atoms with E-state index in [1.807, 2.05) is 0 Å². The van der Waals surface area contributed by atoms with Crippen molar-refractivity contribution in [3.8, 4) is 11.5 Å². The SMILES string of the molecule is CCOC(=O)COc1ccc(C=C2C(=O)N(C)C(=S)N(C)C2=O)cc1OC. The van der Waals surface area contributed by atoms with E-state index >= 15 is 0 Å². The Bertz CT molecular complexity index is 794. The van der Waals surface area contributed by atoms with Crippen LogP contribution in [0, 0.1) is 0 Å². The Kier molecular flexibility index (Phi) is 6.51. The molecule has 0 aliphatic carbocycles. The molecule has 144 valence electrons. The van der Waals surface area contributed by atoms with Crippen molar-refractivity contribution < 1.29 is 28.6 Å². The van der Waals surface area contributed by atoms with Crippen LogP contribution in [0.1, 0.15) is 12.5 Å². The van der Waals surface area contributed by atoms with Gasteiger partial charge in [-0.3, -0.25) is 19.4 Å². The van der Waals surface area contributed by atoms with Crippen molar-refractivity contribution >= 4 is 41.2 Å². The molecule has 27 heavy (non-hydrogen) atoms. The molecule has 0 radical (unpaired) electrons. The van der Waals surface area contributed by atoms with Crippen LogP contribution < -0.4 is 9.47 Å². The lowest BCUT2D eigenvalue weighted by molar-refractivity contribution is -0.145. The minimum absolute atomic E-state index is 0.0177. The number of ether oxygens (including phenoxy) is 3. The number of amides is 2. The van der Waals surface area contributed by atoms with Crippen molar-refractivity contribution in [2.75, 3.05) is 34.4 Å². The highest BCUT2D eigenvalue weighted by Crippen LogP contribution is 2.29. The Labute approximate surface area is 162 Å². The molecule has 1 fully saturated rings. The molecule has 2 amide bonds. The number of rotatable bonds is 6. The summed E-state index contributed by atoms with van der Waals surface area (Å²) in [5.41, 5.74) is 0.539. The lowest BCUT2D eigenvalue weighted by Crippen LogP contribution is -2.52. The van der Waals surface area contributed by atoms with Crippen molar-refractivity contribution in [1.29, 1.82) is 0 Å². The average molecular weight is 392 g/mol. The predicted molar refractivity (Wildman–Crippen MR) is 101 cm³/mol. The molecular weight excluding hydrogens is 372 g/mol. The largest absolute Gasteiger partial charge is 0.493 e. The highest BCUT2D eigenvalue weighted by atomic mass is 32.1. The number of methoxy groups -OCH3 is 1. The normalized spacial score (nSPS) is 14.4. The van der Waals surface area contributed by atoms with E-state index in [1.54, 1.807) is 25.1 Å². The van der Waals surface area contributed by atoms with Gasteiger partial charge in [0.2, 0.25) is 0 Å². The van der Waals surface area contributed by atoms with Gasteiger partial charge >= 0.3 is 5.97 Å². The number of nitrogens with zero attached hydrogens (tertiary/aromatic N) is 2. The number of carbonyl (C=O) groups excluding carboxylic acids is 3. The molecule has 0 saturated carbocycles. The van der Waals surface area contributed by atoms with Gasteiger partial charge in [-0.2, -0.15) is 0 Å². The molecule has 1 heterocycles. The number of hydrogen-bond donors (Lipinski definition) is 0. The van der Waals surface area contributed by atoms with Crippen molar-refractivity contribution in [1.82, 2.24) is 9.80 Å². The van der Waals surface area contributed by atoms with Gasteiger partial charge in [-0.1, -0.05) is 6.07 Å². The summed E-state index contributed by atoms with van der Waals surface area (Å²) in [5.74, 6) is -0.772. The van der Waals surface area contributed by atoms with Crippen LogP contribution in [-0.4, -0.2) is 67.1 Å². The molecule has 0 N–H and O–H groups in total. The fourth-order valence-corrected chi connectivity index (χ4v) is 2.54. The van der Waals surface area contributed by atoms with Gasteiger partial charge in [-0.25, -0.2) is 4.79 Å². The Balaban J connectivity index is 2.27. The second-order valence-electron chi connectivity index (χ2n) is 5.57. The molecule has 1 aliphatic heterocycles. The first-order chi connectivity index (χ1) is 12.8. The van der Waals surface area contributed by atoms with Crippen LogP contribution in [0.15, 0.2) is 23.8 Å². The van der Waals surface area contributed by atoms with Gasteiger partial charge in [0.1, 0.15) is 5.57 Å². The third kappa shape index (κ3) is 4.43. The highest BCUT2D eigenvalue weighted by Gasteiger charge is 2.35. The second kappa shape index (κ2) is 8.63. The monoisotopic (exact) mass is 392 g/mol. The molecular formula is C18H20N2O6S. The molecule has 0 bridgehead atoms. The van der Waals surface area contributed by atoms with E-state index in [0.29, 0.717) is 17.1 Å². The lowest BCUT2D eigenvalue weighted by Gasteiger charge is -2.31. The number of hydrogen-bond acceptors (Lipinski definition) is 7. The lowest BCUT2D eigenvalue weighted by atomic mass is 10.1. The van der Waals surface area contributed by atoms with E-state index in [0.717, 1.165) is 0 Å². The van der Waals surface area contributed by atoms with E-state index in [-0.39, 0.29) is 23.9 Å². The van der Waals surface area contributed by atoms with Gasteiger partial charge < -0.3 is 14.2 Å². The van der Waals surface area contributed by atoms with Crippen LogP contribution >= 0.6 is 12.2 Å². The minimum Gasteiger partial charge on any atom is -0.493 e. The van der Waals surface area contributed by atoms with E-state index in [4.69, 9.17) is 26.4 Å². The molecule has 1 aromatic rings. The fourth-order valence-electron chi connectivity index (χ4n) is 2.37. The zero-order chi connectivity index (χ0) is 20.1. The van der Waals surface area contributed by atoms with Gasteiger partial charge in [0.15, 0.2) is 23.2 Å². The Hall–Kier alpha value is -2.94. The van der Waals surface area contributed by atoms with E-state index in [9.17, 15) is 14.4 Å². The maximum Gasteiger partial charge on any atom is 0.344 e. The summed E-state index contributed by atoms with van der Waals surface area (Å²) >= 11 is 5.06. The standard InChI is InChI=1S/C18H20N2O6S/c1-5-25-15(21)10-26-13-7-6-11(9-14(13)24-4)8-12-16(22)19(2)18(27)20(3)17(12)23/h6-9H,5,10H2,1-4H3. The molecule has 9 heteroatoms. The summed E-state index contributed by atoms with van der Waals surface area (Å²) in [4.78, 5) is 38.6. The van der Waals surface area contributed by atoms with Gasteiger partial charge in [0, 0.05) is 14.1 Å². The summed E-state index contributed by atoms with van der Waals surface area (Å²) < 4.78 is 15.5. The quantitative estimate of drug-likeness (QED) is 0.312. The summed E-state index contributed by atoms with van der Waals surface area (Å²) in [6.45, 7) is 1.71. The van der Waals surface area contributed by atoms with Gasteiger partial charge in [-0.05, 0) is 42.9 Å². The molecule has 1 saturated heterocycles. The van der Waals surface area contributed by atoms with E-state index in [1.165, 1.54) is 37.1 Å². The zero-order valence-electron chi connectivity index (χ0n) is 15.5. The predicted octanol–water partition coefficient (Wildman–Crippen LogP) is 1.24. The molecule has 1 aliphatic rings. The maximum atomic E-state index is 12.4. The van der Waals surface area contributed by atoms with Crippen LogP contribution in [-0.2, 0) is 19.1 Å². The number of likely N-dealkylation sites (N-methyl/N-ethyl adjacent to an activating group) is 2. The average Bonchev–Trinajstić information content (AvgIpc) is 2.67. The molecule has 1 aromatic carbocycles. The summed E-state index contributed by atoms with van der Waals surface area (Å²) in [5, 5.41) is 0.141. The number of carbonyl (C=O) groups is 3. The van der Waals surface area contributed by atoms with E-state index in [2.05, 4.69) is 0 Å². The van der Waals surface area contributed by atoms with Crippen molar-refractivity contribution in [3.05, 3.63) is 29.3 Å². The van der Waals surface area contributed by atoms with Crippen molar-refractivity contribution in [2.45, 2.75) is 6.92 Å². The number of benzene rings is 1. The molecule has 0 atom stereocenters. The first-order valence-electron chi connectivity index (χ1n) is 8.08. The van der Waals surface area contributed by atoms with Crippen LogP contribution in [0.3, 0.4) is 0 Å². The molecule has 2 rings (SSSR count). The molecule has 0 spiro atoms. The van der Waals surface area contributed by atoms with Gasteiger partial charge in [-0.15, -0.1) is 0 Å². The maximum absolute atomic E-state index is 12.4. The molecule has 0 unspecified atom stereocenters. The Morgan fingerprint density at radius 1 is 1.15 bits per heavy atom. The van der Waals surface area contributed by atoms with Crippen LogP contribution in [0.5, 0.6) is 11.5 Å². The second-order valence-corrected chi connectivity index (χ2v) is 5.94. The smallest absolute Gasteiger partial charge is 0.344 e. The van der Waals surface area contributed by atoms with Gasteiger partial charge in [0.05, 0.1) is 13.7 Å². The molecule has 0 aromatic heterocycles. The molecule has 8 nitrogen and oxygen atoms in total. The fraction of sp³-hybridized carbons (Fsp3) is 0.333. The third-order valence-corrected chi connectivity index (χ3v) is 4.34. The van der Waals surface area contributed by atoms with Crippen LogP contribution in [0.25, 0.3) is 6.08 Å². The summed E-state index contributed by atoms with van der Waals surface area (Å²) in [6.07, 6.45) is 1.46. The highest BCUT2D eigenvalue weighted by molar-refractivity contribution is 7.80. The summed E-state index contributed by atoms with van der Waals surface area (Å²) in [7, 11) is 4.46. The first-order valence-corrected chi connectivity index (χ1v) is 8.49. The minimum atomic E-state index is -0.494. The third-order valence-electron chi connectivity index (χ3n) is 3.79. The number of esters is 1.